The number of benzene rings is 1. The third kappa shape index (κ3) is 4.33. The molecule has 1 N–H and O–H groups in total. The van der Waals surface area contributed by atoms with Crippen molar-refractivity contribution < 1.29 is 19.1 Å². The van der Waals surface area contributed by atoms with Gasteiger partial charge in [0.2, 0.25) is 11.8 Å². The molecule has 2 heterocycles. The number of amides is 3. The van der Waals surface area contributed by atoms with Gasteiger partial charge in [-0.05, 0) is 31.9 Å². The third-order valence-electron chi connectivity index (χ3n) is 6.44. The SMILES string of the molecule is Cc1cccc(C(=O)N2[C@@H](C(=O)NC3CC3)COC23CCN(C(=O)C(C)(C)C)CC3)c1. The molecule has 0 bridgehead atoms. The number of rotatable bonds is 3. The molecule has 0 unspecified atom stereocenters. The first-order valence-electron chi connectivity index (χ1n) is 11.2. The fourth-order valence-corrected chi connectivity index (χ4v) is 4.54. The van der Waals surface area contributed by atoms with Crippen molar-refractivity contribution >= 4 is 17.7 Å². The summed E-state index contributed by atoms with van der Waals surface area (Å²) in [6.45, 7) is 8.88. The topological polar surface area (TPSA) is 79.0 Å². The van der Waals surface area contributed by atoms with Crippen molar-refractivity contribution in [3.8, 4) is 0 Å². The number of nitrogens with zero attached hydrogens (tertiary/aromatic N) is 2. The predicted octanol–water partition coefficient (Wildman–Crippen LogP) is 2.48. The summed E-state index contributed by atoms with van der Waals surface area (Å²) in [6.07, 6.45) is 2.97. The van der Waals surface area contributed by atoms with E-state index in [9.17, 15) is 14.4 Å². The smallest absolute Gasteiger partial charge is 0.256 e. The lowest BCUT2D eigenvalue weighted by molar-refractivity contribution is -0.150. The Labute approximate surface area is 184 Å². The molecule has 1 aromatic rings. The largest absolute Gasteiger partial charge is 0.353 e. The van der Waals surface area contributed by atoms with Gasteiger partial charge in [0.05, 0.1) is 6.61 Å². The van der Waals surface area contributed by atoms with E-state index in [1.807, 2.05) is 50.8 Å². The molecular weight excluding hydrogens is 394 g/mol. The van der Waals surface area contributed by atoms with Crippen LogP contribution in [0.3, 0.4) is 0 Å². The van der Waals surface area contributed by atoms with Gasteiger partial charge in [-0.2, -0.15) is 0 Å². The number of hydrogen-bond donors (Lipinski definition) is 1. The van der Waals surface area contributed by atoms with E-state index in [-0.39, 0.29) is 30.4 Å². The summed E-state index contributed by atoms with van der Waals surface area (Å²) in [4.78, 5) is 42.9. The van der Waals surface area contributed by atoms with E-state index in [1.54, 1.807) is 11.0 Å². The highest BCUT2D eigenvalue weighted by atomic mass is 16.5. The molecule has 168 valence electrons. The minimum absolute atomic E-state index is 0.0972. The lowest BCUT2D eigenvalue weighted by Crippen LogP contribution is -2.60. The predicted molar refractivity (Wildman–Crippen MR) is 116 cm³/mol. The van der Waals surface area contributed by atoms with Crippen LogP contribution < -0.4 is 5.32 Å². The van der Waals surface area contributed by atoms with Crippen molar-refractivity contribution in [1.82, 2.24) is 15.1 Å². The second-order valence-electron chi connectivity index (χ2n) is 10.1. The van der Waals surface area contributed by atoms with Gasteiger partial charge in [-0.15, -0.1) is 0 Å². The van der Waals surface area contributed by atoms with Crippen LogP contribution >= 0.6 is 0 Å². The molecule has 4 rings (SSSR count). The molecule has 3 fully saturated rings. The van der Waals surface area contributed by atoms with Gasteiger partial charge in [0.1, 0.15) is 11.8 Å². The highest BCUT2D eigenvalue weighted by Crippen LogP contribution is 2.39. The maximum atomic E-state index is 13.6. The Hall–Kier alpha value is -2.41. The van der Waals surface area contributed by atoms with Crippen LogP contribution in [0.25, 0.3) is 0 Å². The van der Waals surface area contributed by atoms with Crippen molar-refractivity contribution in [3.05, 3.63) is 35.4 Å². The number of nitrogens with one attached hydrogen (secondary N) is 1. The van der Waals surface area contributed by atoms with Crippen molar-refractivity contribution in [2.45, 2.75) is 71.2 Å². The molecule has 1 aromatic carbocycles. The summed E-state index contributed by atoms with van der Waals surface area (Å²) in [5.41, 5.74) is 0.234. The van der Waals surface area contributed by atoms with Gasteiger partial charge in [0.15, 0.2) is 0 Å². The zero-order valence-corrected chi connectivity index (χ0v) is 18.9. The average Bonchev–Trinajstić information content (AvgIpc) is 3.46. The van der Waals surface area contributed by atoms with E-state index < -0.39 is 17.2 Å². The summed E-state index contributed by atoms with van der Waals surface area (Å²) in [6, 6.07) is 7.00. The Morgan fingerprint density at radius 3 is 2.39 bits per heavy atom. The molecule has 1 atom stereocenters. The van der Waals surface area contributed by atoms with Crippen LogP contribution in [0.15, 0.2) is 24.3 Å². The summed E-state index contributed by atoms with van der Waals surface area (Å²) >= 11 is 0. The fraction of sp³-hybridized carbons (Fsp3) is 0.625. The van der Waals surface area contributed by atoms with Gasteiger partial charge in [-0.1, -0.05) is 38.5 Å². The molecule has 0 radical (unpaired) electrons. The zero-order chi connectivity index (χ0) is 22.4. The number of ether oxygens (including phenoxy) is 1. The van der Waals surface area contributed by atoms with Gasteiger partial charge in [-0.3, -0.25) is 19.3 Å². The van der Waals surface area contributed by atoms with Crippen LogP contribution in [-0.4, -0.2) is 65.0 Å². The first-order valence-corrected chi connectivity index (χ1v) is 11.2. The molecule has 7 heteroatoms. The van der Waals surface area contributed by atoms with Gasteiger partial charge >= 0.3 is 0 Å². The number of carbonyl (C=O) groups excluding carboxylic acids is 3. The Morgan fingerprint density at radius 1 is 1.13 bits per heavy atom. The van der Waals surface area contributed by atoms with Crippen molar-refractivity contribution in [2.24, 2.45) is 5.41 Å². The Morgan fingerprint density at radius 2 is 1.81 bits per heavy atom. The minimum atomic E-state index is -0.860. The summed E-state index contributed by atoms with van der Waals surface area (Å²) in [7, 11) is 0. The number of carbonyl (C=O) groups is 3. The highest BCUT2D eigenvalue weighted by Gasteiger charge is 2.54. The van der Waals surface area contributed by atoms with Gasteiger partial charge in [0, 0.05) is 43.0 Å². The van der Waals surface area contributed by atoms with Crippen LogP contribution in [0.4, 0.5) is 0 Å². The number of likely N-dealkylation sites (tertiary alicyclic amines) is 1. The standard InChI is InChI=1S/C24H33N3O4/c1-16-6-5-7-17(14-16)21(29)27-19(20(28)25-18-8-9-18)15-31-24(27)10-12-26(13-11-24)22(30)23(2,3)4/h5-7,14,18-19H,8-13,15H2,1-4H3,(H,25,28)/t19-/m1/s1. The molecular formula is C24H33N3O4. The monoisotopic (exact) mass is 427 g/mol. The lowest BCUT2D eigenvalue weighted by Gasteiger charge is -2.45. The second-order valence-corrected chi connectivity index (χ2v) is 10.1. The van der Waals surface area contributed by atoms with Crippen molar-refractivity contribution in [2.75, 3.05) is 19.7 Å². The van der Waals surface area contributed by atoms with Crippen LogP contribution in [0, 0.1) is 12.3 Å². The molecule has 1 spiro atoms. The highest BCUT2D eigenvalue weighted by molar-refractivity contribution is 5.98. The molecule has 2 saturated heterocycles. The van der Waals surface area contributed by atoms with Crippen LogP contribution in [0.1, 0.15) is 62.4 Å². The van der Waals surface area contributed by atoms with E-state index in [0.717, 1.165) is 18.4 Å². The van der Waals surface area contributed by atoms with E-state index in [2.05, 4.69) is 5.32 Å². The number of aryl methyl sites for hydroxylation is 1. The molecule has 7 nitrogen and oxygen atoms in total. The molecule has 31 heavy (non-hydrogen) atoms. The first kappa shape index (κ1) is 21.8. The van der Waals surface area contributed by atoms with E-state index >= 15 is 0 Å². The maximum absolute atomic E-state index is 13.6. The fourth-order valence-electron chi connectivity index (χ4n) is 4.54. The Bertz CT molecular complexity index is 879. The second kappa shape index (κ2) is 7.93. The lowest BCUT2D eigenvalue weighted by atomic mass is 9.91. The van der Waals surface area contributed by atoms with Crippen LogP contribution in [0.5, 0.6) is 0 Å². The molecule has 0 aromatic heterocycles. The van der Waals surface area contributed by atoms with Crippen molar-refractivity contribution in [1.29, 1.82) is 0 Å². The third-order valence-corrected chi connectivity index (χ3v) is 6.44. The first-order chi connectivity index (χ1) is 14.6. The molecule has 3 aliphatic rings. The average molecular weight is 428 g/mol. The molecule has 1 aliphatic carbocycles. The number of piperidine rings is 1. The van der Waals surface area contributed by atoms with Crippen LogP contribution in [0.2, 0.25) is 0 Å². The molecule has 2 aliphatic heterocycles. The number of hydrogen-bond acceptors (Lipinski definition) is 4. The maximum Gasteiger partial charge on any atom is 0.256 e. The normalized spacial score (nSPS) is 23.2. The van der Waals surface area contributed by atoms with Crippen molar-refractivity contribution in [3.63, 3.8) is 0 Å². The summed E-state index contributed by atoms with van der Waals surface area (Å²) < 4.78 is 6.22. The summed E-state index contributed by atoms with van der Waals surface area (Å²) in [5.74, 6) is -0.235. The summed E-state index contributed by atoms with van der Waals surface area (Å²) in [5, 5.41) is 3.04. The Kier molecular flexibility index (Phi) is 5.58. The molecule has 1 saturated carbocycles. The molecule has 3 amide bonds. The van der Waals surface area contributed by atoms with Crippen LogP contribution in [-0.2, 0) is 14.3 Å². The van der Waals surface area contributed by atoms with E-state index in [4.69, 9.17) is 4.74 Å². The van der Waals surface area contributed by atoms with Gasteiger partial charge in [-0.25, -0.2) is 0 Å². The minimum Gasteiger partial charge on any atom is -0.353 e. The van der Waals surface area contributed by atoms with E-state index in [1.165, 1.54) is 0 Å². The zero-order valence-electron chi connectivity index (χ0n) is 18.9. The van der Waals surface area contributed by atoms with Gasteiger partial charge < -0.3 is 15.0 Å². The van der Waals surface area contributed by atoms with E-state index in [0.29, 0.717) is 31.5 Å². The quantitative estimate of drug-likeness (QED) is 0.804. The Balaban J connectivity index is 1.59. The van der Waals surface area contributed by atoms with Gasteiger partial charge in [0.25, 0.3) is 5.91 Å².